The van der Waals surface area contributed by atoms with Gasteiger partial charge < -0.3 is 15.7 Å². The van der Waals surface area contributed by atoms with Crippen LogP contribution in [0.1, 0.15) is 19.0 Å². The lowest BCUT2D eigenvalue weighted by Crippen LogP contribution is -2.45. The van der Waals surface area contributed by atoms with Crippen molar-refractivity contribution in [1.29, 1.82) is 0 Å². The van der Waals surface area contributed by atoms with E-state index in [1.54, 1.807) is 25.3 Å². The Bertz CT molecular complexity index is 381. The van der Waals surface area contributed by atoms with Gasteiger partial charge in [0.1, 0.15) is 6.04 Å². The summed E-state index contributed by atoms with van der Waals surface area (Å²) in [4.78, 5) is 26.1. The van der Waals surface area contributed by atoms with Crippen molar-refractivity contribution in [3.05, 3.63) is 30.1 Å². The Morgan fingerprint density at radius 3 is 2.76 bits per heavy atom. The number of carbonyl (C=O) groups excluding carboxylic acids is 1. The number of amides is 2. The zero-order valence-electron chi connectivity index (χ0n) is 9.51. The molecule has 0 saturated heterocycles. The topological polar surface area (TPSA) is 91.3 Å². The second-order valence-corrected chi connectivity index (χ2v) is 3.45. The smallest absolute Gasteiger partial charge is 0.326 e. The van der Waals surface area contributed by atoms with E-state index in [1.807, 2.05) is 6.07 Å². The predicted octanol–water partition coefficient (Wildman–Crippen LogP) is 0.744. The van der Waals surface area contributed by atoms with Gasteiger partial charge in [0, 0.05) is 6.20 Å². The van der Waals surface area contributed by atoms with Crippen molar-refractivity contribution >= 4 is 12.0 Å². The molecule has 17 heavy (non-hydrogen) atoms. The molecular formula is C11H15N3O3. The second kappa shape index (κ2) is 6.47. The van der Waals surface area contributed by atoms with Gasteiger partial charge in [-0.05, 0) is 18.6 Å². The molecule has 2 amide bonds. The van der Waals surface area contributed by atoms with Crippen molar-refractivity contribution in [3.63, 3.8) is 0 Å². The number of urea groups is 1. The molecule has 1 heterocycles. The Morgan fingerprint density at radius 1 is 1.47 bits per heavy atom. The standard InChI is InChI=1S/C11H15N3O3/c1-2-9(10(15)16)14-11(17)13-7-8-5-3-4-6-12-8/h3-6,9H,2,7H2,1H3,(H,15,16)(H2,13,14,17)/t9-/m1/s1. The van der Waals surface area contributed by atoms with Gasteiger partial charge in [0.05, 0.1) is 12.2 Å². The summed E-state index contributed by atoms with van der Waals surface area (Å²) in [5.41, 5.74) is 0.714. The van der Waals surface area contributed by atoms with E-state index in [1.165, 1.54) is 0 Å². The molecule has 0 radical (unpaired) electrons. The van der Waals surface area contributed by atoms with Crippen LogP contribution in [0.4, 0.5) is 4.79 Å². The number of rotatable bonds is 5. The fourth-order valence-corrected chi connectivity index (χ4v) is 1.22. The Labute approximate surface area is 99.1 Å². The molecule has 6 heteroatoms. The van der Waals surface area contributed by atoms with Crippen LogP contribution in [0.15, 0.2) is 24.4 Å². The minimum absolute atomic E-state index is 0.267. The number of nitrogens with one attached hydrogen (secondary N) is 2. The number of carboxylic acids is 1. The zero-order valence-corrected chi connectivity index (χ0v) is 9.51. The molecule has 0 saturated carbocycles. The van der Waals surface area contributed by atoms with E-state index < -0.39 is 18.0 Å². The number of aliphatic carboxylic acids is 1. The van der Waals surface area contributed by atoms with Gasteiger partial charge in [-0.3, -0.25) is 4.98 Å². The van der Waals surface area contributed by atoms with Gasteiger partial charge >= 0.3 is 12.0 Å². The molecule has 0 unspecified atom stereocenters. The number of hydrogen-bond donors (Lipinski definition) is 3. The SMILES string of the molecule is CC[C@@H](NC(=O)NCc1ccccn1)C(=O)O. The van der Waals surface area contributed by atoms with Crippen LogP contribution < -0.4 is 10.6 Å². The lowest BCUT2D eigenvalue weighted by atomic mass is 10.2. The molecule has 0 aromatic carbocycles. The van der Waals surface area contributed by atoms with E-state index in [4.69, 9.17) is 5.11 Å². The average molecular weight is 237 g/mol. The molecule has 0 spiro atoms. The van der Waals surface area contributed by atoms with Crippen LogP contribution in [0.2, 0.25) is 0 Å². The molecule has 0 fully saturated rings. The summed E-state index contributed by atoms with van der Waals surface area (Å²) in [5.74, 6) is -1.04. The molecule has 0 aliphatic rings. The number of aromatic nitrogens is 1. The van der Waals surface area contributed by atoms with Crippen molar-refractivity contribution in [3.8, 4) is 0 Å². The maximum absolute atomic E-state index is 11.4. The third-order valence-corrected chi connectivity index (χ3v) is 2.17. The summed E-state index contributed by atoms with van der Waals surface area (Å²) < 4.78 is 0. The number of hydrogen-bond acceptors (Lipinski definition) is 3. The fraction of sp³-hybridized carbons (Fsp3) is 0.364. The normalized spacial score (nSPS) is 11.6. The first kappa shape index (κ1) is 13.0. The number of carbonyl (C=O) groups is 2. The molecule has 0 bridgehead atoms. The van der Waals surface area contributed by atoms with Crippen LogP contribution in [0, 0.1) is 0 Å². The van der Waals surface area contributed by atoms with Crippen LogP contribution in [-0.2, 0) is 11.3 Å². The van der Waals surface area contributed by atoms with E-state index in [-0.39, 0.29) is 6.54 Å². The number of carboxylic acid groups (broad SMARTS) is 1. The Balaban J connectivity index is 2.37. The highest BCUT2D eigenvalue weighted by atomic mass is 16.4. The molecule has 1 rings (SSSR count). The van der Waals surface area contributed by atoms with E-state index >= 15 is 0 Å². The van der Waals surface area contributed by atoms with Gasteiger partial charge in [0.25, 0.3) is 0 Å². The summed E-state index contributed by atoms with van der Waals surface area (Å²) in [7, 11) is 0. The van der Waals surface area contributed by atoms with Crippen molar-refractivity contribution < 1.29 is 14.7 Å². The highest BCUT2D eigenvalue weighted by Crippen LogP contribution is 1.93. The maximum atomic E-state index is 11.4. The molecule has 6 nitrogen and oxygen atoms in total. The first-order valence-electron chi connectivity index (χ1n) is 5.30. The average Bonchev–Trinajstić information content (AvgIpc) is 2.34. The van der Waals surface area contributed by atoms with Gasteiger partial charge in [-0.25, -0.2) is 9.59 Å². The van der Waals surface area contributed by atoms with E-state index in [9.17, 15) is 9.59 Å². The molecule has 1 aromatic heterocycles. The zero-order chi connectivity index (χ0) is 12.7. The van der Waals surface area contributed by atoms with Crippen molar-refractivity contribution in [2.75, 3.05) is 0 Å². The molecule has 0 aliphatic heterocycles. The summed E-state index contributed by atoms with van der Waals surface area (Å²) in [6, 6.07) is 3.99. The fourth-order valence-electron chi connectivity index (χ4n) is 1.22. The van der Waals surface area contributed by atoms with Gasteiger partial charge in [-0.15, -0.1) is 0 Å². The van der Waals surface area contributed by atoms with Crippen LogP contribution in [0.25, 0.3) is 0 Å². The largest absolute Gasteiger partial charge is 0.480 e. The van der Waals surface area contributed by atoms with Gasteiger partial charge in [-0.1, -0.05) is 13.0 Å². The highest BCUT2D eigenvalue weighted by molar-refractivity contribution is 5.82. The maximum Gasteiger partial charge on any atom is 0.326 e. The van der Waals surface area contributed by atoms with Crippen molar-refractivity contribution in [1.82, 2.24) is 15.6 Å². The molecule has 3 N–H and O–H groups in total. The Kier molecular flexibility index (Phi) is 4.93. The second-order valence-electron chi connectivity index (χ2n) is 3.45. The van der Waals surface area contributed by atoms with Crippen molar-refractivity contribution in [2.24, 2.45) is 0 Å². The first-order chi connectivity index (χ1) is 8.13. The molecule has 1 atom stereocenters. The van der Waals surface area contributed by atoms with E-state index in [2.05, 4.69) is 15.6 Å². The van der Waals surface area contributed by atoms with Crippen LogP contribution in [0.5, 0.6) is 0 Å². The lowest BCUT2D eigenvalue weighted by Gasteiger charge is -2.12. The predicted molar refractivity (Wildman–Crippen MR) is 61.3 cm³/mol. The molecule has 1 aromatic rings. The van der Waals surface area contributed by atoms with E-state index in [0.717, 1.165) is 0 Å². The molecular weight excluding hydrogens is 222 g/mol. The summed E-state index contributed by atoms with van der Waals surface area (Å²) in [5, 5.41) is 13.7. The Morgan fingerprint density at radius 2 is 2.24 bits per heavy atom. The highest BCUT2D eigenvalue weighted by Gasteiger charge is 2.16. The molecule has 92 valence electrons. The van der Waals surface area contributed by atoms with Crippen LogP contribution >= 0.6 is 0 Å². The first-order valence-corrected chi connectivity index (χ1v) is 5.30. The Hall–Kier alpha value is -2.11. The van der Waals surface area contributed by atoms with Crippen LogP contribution in [-0.4, -0.2) is 28.1 Å². The van der Waals surface area contributed by atoms with Gasteiger partial charge in [0.15, 0.2) is 0 Å². The van der Waals surface area contributed by atoms with Crippen molar-refractivity contribution in [2.45, 2.75) is 25.9 Å². The van der Waals surface area contributed by atoms with Crippen LogP contribution in [0.3, 0.4) is 0 Å². The summed E-state index contributed by atoms with van der Waals surface area (Å²) in [6.07, 6.45) is 1.97. The summed E-state index contributed by atoms with van der Waals surface area (Å²) in [6.45, 7) is 1.96. The third-order valence-electron chi connectivity index (χ3n) is 2.17. The minimum atomic E-state index is -1.04. The quantitative estimate of drug-likeness (QED) is 0.704. The third kappa shape index (κ3) is 4.50. The lowest BCUT2D eigenvalue weighted by molar-refractivity contribution is -0.139. The summed E-state index contributed by atoms with van der Waals surface area (Å²) >= 11 is 0. The van der Waals surface area contributed by atoms with Gasteiger partial charge in [-0.2, -0.15) is 0 Å². The number of pyridine rings is 1. The monoisotopic (exact) mass is 237 g/mol. The number of nitrogens with zero attached hydrogens (tertiary/aromatic N) is 1. The minimum Gasteiger partial charge on any atom is -0.480 e. The van der Waals surface area contributed by atoms with E-state index in [0.29, 0.717) is 12.1 Å². The van der Waals surface area contributed by atoms with Gasteiger partial charge in [0.2, 0.25) is 0 Å². The molecule has 0 aliphatic carbocycles.